The molecule has 5 nitrogen and oxygen atoms in total. The highest BCUT2D eigenvalue weighted by Gasteiger charge is 2.13. The first-order valence-electron chi connectivity index (χ1n) is 6.41. The van der Waals surface area contributed by atoms with Gasteiger partial charge in [0, 0.05) is 31.9 Å². The first-order chi connectivity index (χ1) is 9.65. The lowest BCUT2D eigenvalue weighted by atomic mass is 10.0. The molecule has 0 radical (unpaired) electrons. The normalized spacial score (nSPS) is 12.4. The van der Waals surface area contributed by atoms with Gasteiger partial charge < -0.3 is 9.30 Å². The van der Waals surface area contributed by atoms with Gasteiger partial charge in [-0.05, 0) is 40.0 Å². The number of rotatable bonds is 6. The molecule has 1 unspecified atom stereocenters. The molecule has 0 saturated heterocycles. The van der Waals surface area contributed by atoms with Crippen LogP contribution in [0.25, 0.3) is 0 Å². The van der Waals surface area contributed by atoms with Crippen LogP contribution in [0, 0.1) is 0 Å². The molecule has 108 valence electrons. The number of methoxy groups -OCH3 is 1. The van der Waals surface area contributed by atoms with Crippen molar-refractivity contribution in [3.63, 3.8) is 0 Å². The molecule has 0 saturated carbocycles. The van der Waals surface area contributed by atoms with Gasteiger partial charge in [0.25, 0.3) is 0 Å². The SMILES string of the molecule is COc1ccc(C(CCc2nccn2C)NN)cc1Br. The van der Waals surface area contributed by atoms with Crippen LogP contribution in [0.3, 0.4) is 0 Å². The number of nitrogens with zero attached hydrogens (tertiary/aromatic N) is 2. The van der Waals surface area contributed by atoms with Crippen LogP contribution >= 0.6 is 15.9 Å². The molecule has 0 aliphatic rings. The molecule has 1 aromatic carbocycles. The Hall–Kier alpha value is -1.37. The van der Waals surface area contributed by atoms with Crippen LogP contribution in [-0.4, -0.2) is 16.7 Å². The summed E-state index contributed by atoms with van der Waals surface area (Å²) in [6.45, 7) is 0. The summed E-state index contributed by atoms with van der Waals surface area (Å²) in [4.78, 5) is 4.33. The van der Waals surface area contributed by atoms with E-state index in [0.717, 1.165) is 34.5 Å². The van der Waals surface area contributed by atoms with Crippen molar-refractivity contribution in [2.45, 2.75) is 18.9 Å². The number of nitrogens with one attached hydrogen (secondary N) is 1. The van der Waals surface area contributed by atoms with E-state index >= 15 is 0 Å². The average Bonchev–Trinajstić information content (AvgIpc) is 2.85. The zero-order valence-corrected chi connectivity index (χ0v) is 13.2. The van der Waals surface area contributed by atoms with E-state index in [4.69, 9.17) is 10.6 Å². The number of hydrogen-bond donors (Lipinski definition) is 2. The predicted octanol–water partition coefficient (Wildman–Crippen LogP) is 2.33. The number of aryl methyl sites for hydroxylation is 2. The Morgan fingerprint density at radius 1 is 1.50 bits per heavy atom. The summed E-state index contributed by atoms with van der Waals surface area (Å²) >= 11 is 3.50. The molecule has 20 heavy (non-hydrogen) atoms. The van der Waals surface area contributed by atoms with Crippen LogP contribution in [0.5, 0.6) is 5.75 Å². The molecular weight excluding hydrogens is 320 g/mol. The lowest BCUT2D eigenvalue weighted by Crippen LogP contribution is -2.28. The molecular formula is C14H19BrN4O. The Morgan fingerprint density at radius 3 is 2.85 bits per heavy atom. The second kappa shape index (κ2) is 6.88. The summed E-state index contributed by atoms with van der Waals surface area (Å²) in [6, 6.07) is 6.06. The minimum absolute atomic E-state index is 0.0777. The summed E-state index contributed by atoms with van der Waals surface area (Å²) in [5, 5.41) is 0. The van der Waals surface area contributed by atoms with E-state index in [9.17, 15) is 0 Å². The van der Waals surface area contributed by atoms with E-state index < -0.39 is 0 Å². The molecule has 2 aromatic rings. The molecule has 6 heteroatoms. The zero-order valence-electron chi connectivity index (χ0n) is 11.6. The van der Waals surface area contributed by atoms with Gasteiger partial charge in [-0.3, -0.25) is 11.3 Å². The third-order valence-electron chi connectivity index (χ3n) is 3.36. The molecule has 0 aliphatic heterocycles. The van der Waals surface area contributed by atoms with Crippen LogP contribution in [0.15, 0.2) is 35.1 Å². The number of halogens is 1. The maximum atomic E-state index is 5.68. The smallest absolute Gasteiger partial charge is 0.133 e. The molecule has 0 spiro atoms. The maximum Gasteiger partial charge on any atom is 0.133 e. The average molecular weight is 339 g/mol. The van der Waals surface area contributed by atoms with Crippen molar-refractivity contribution in [3.05, 3.63) is 46.5 Å². The van der Waals surface area contributed by atoms with Crippen molar-refractivity contribution in [3.8, 4) is 5.75 Å². The van der Waals surface area contributed by atoms with E-state index in [2.05, 4.69) is 26.3 Å². The standard InChI is InChI=1S/C14H19BrN4O/c1-19-8-7-17-14(19)6-4-12(18-16)10-3-5-13(20-2)11(15)9-10/h3,5,7-9,12,18H,4,6,16H2,1-2H3. The van der Waals surface area contributed by atoms with Crippen molar-refractivity contribution in [2.75, 3.05) is 7.11 Å². The summed E-state index contributed by atoms with van der Waals surface area (Å²) in [7, 11) is 3.65. The Kier molecular flexibility index (Phi) is 5.17. The highest BCUT2D eigenvalue weighted by molar-refractivity contribution is 9.10. The van der Waals surface area contributed by atoms with Crippen molar-refractivity contribution >= 4 is 15.9 Å². The van der Waals surface area contributed by atoms with Crippen LogP contribution in [0.2, 0.25) is 0 Å². The van der Waals surface area contributed by atoms with Gasteiger partial charge in [0.05, 0.1) is 11.6 Å². The molecule has 0 bridgehead atoms. The van der Waals surface area contributed by atoms with Gasteiger partial charge in [0.2, 0.25) is 0 Å². The summed E-state index contributed by atoms with van der Waals surface area (Å²) < 4.78 is 8.19. The lowest BCUT2D eigenvalue weighted by Gasteiger charge is -2.17. The number of benzene rings is 1. The number of hydrogen-bond acceptors (Lipinski definition) is 4. The molecule has 1 heterocycles. The third-order valence-corrected chi connectivity index (χ3v) is 3.98. The molecule has 3 N–H and O–H groups in total. The third kappa shape index (κ3) is 3.39. The van der Waals surface area contributed by atoms with E-state index in [1.165, 1.54) is 0 Å². The van der Waals surface area contributed by atoms with Gasteiger partial charge in [0.1, 0.15) is 11.6 Å². The van der Waals surface area contributed by atoms with Gasteiger partial charge in [-0.15, -0.1) is 0 Å². The Bertz CT molecular complexity index is 570. The second-order valence-corrected chi connectivity index (χ2v) is 5.46. The van der Waals surface area contributed by atoms with Crippen molar-refractivity contribution in [2.24, 2.45) is 12.9 Å². The summed E-state index contributed by atoms with van der Waals surface area (Å²) in [6.07, 6.45) is 5.50. The van der Waals surface area contributed by atoms with E-state index in [1.54, 1.807) is 7.11 Å². The Labute approximate surface area is 127 Å². The van der Waals surface area contributed by atoms with E-state index in [-0.39, 0.29) is 6.04 Å². The van der Waals surface area contributed by atoms with Gasteiger partial charge in [-0.2, -0.15) is 0 Å². The largest absolute Gasteiger partial charge is 0.496 e. The van der Waals surface area contributed by atoms with Crippen molar-refractivity contribution in [1.82, 2.24) is 15.0 Å². The second-order valence-electron chi connectivity index (χ2n) is 4.61. The highest BCUT2D eigenvalue weighted by atomic mass is 79.9. The summed E-state index contributed by atoms with van der Waals surface area (Å²) in [5.74, 6) is 7.55. The molecule has 2 rings (SSSR count). The zero-order chi connectivity index (χ0) is 14.5. The number of aromatic nitrogens is 2. The van der Waals surface area contributed by atoms with Crippen molar-refractivity contribution in [1.29, 1.82) is 0 Å². The fourth-order valence-electron chi connectivity index (χ4n) is 2.16. The van der Waals surface area contributed by atoms with E-state index in [0.29, 0.717) is 0 Å². The van der Waals surface area contributed by atoms with Gasteiger partial charge in [-0.25, -0.2) is 4.98 Å². The molecule has 0 fully saturated rings. The number of hydrazine groups is 1. The monoisotopic (exact) mass is 338 g/mol. The predicted molar refractivity (Wildman–Crippen MR) is 82.3 cm³/mol. The van der Waals surface area contributed by atoms with Crippen LogP contribution in [-0.2, 0) is 13.5 Å². The maximum absolute atomic E-state index is 5.68. The lowest BCUT2D eigenvalue weighted by molar-refractivity contribution is 0.411. The Morgan fingerprint density at radius 2 is 2.30 bits per heavy atom. The molecule has 1 aromatic heterocycles. The minimum Gasteiger partial charge on any atom is -0.496 e. The number of imidazole rings is 1. The number of ether oxygens (including phenoxy) is 1. The van der Waals surface area contributed by atoms with E-state index in [1.807, 2.05) is 42.2 Å². The van der Waals surface area contributed by atoms with Gasteiger partial charge in [-0.1, -0.05) is 6.07 Å². The van der Waals surface area contributed by atoms with Crippen LogP contribution in [0.4, 0.5) is 0 Å². The first kappa shape index (κ1) is 15.0. The fraction of sp³-hybridized carbons (Fsp3) is 0.357. The number of nitrogens with two attached hydrogens (primary N) is 1. The first-order valence-corrected chi connectivity index (χ1v) is 7.20. The molecule has 0 aliphatic carbocycles. The molecule has 1 atom stereocenters. The van der Waals surface area contributed by atoms with Crippen molar-refractivity contribution < 1.29 is 4.74 Å². The van der Waals surface area contributed by atoms with Gasteiger partial charge in [0.15, 0.2) is 0 Å². The Balaban J connectivity index is 2.08. The minimum atomic E-state index is 0.0777. The fourth-order valence-corrected chi connectivity index (χ4v) is 2.71. The topological polar surface area (TPSA) is 65.1 Å². The summed E-state index contributed by atoms with van der Waals surface area (Å²) in [5.41, 5.74) is 3.99. The van der Waals surface area contributed by atoms with Gasteiger partial charge >= 0.3 is 0 Å². The van der Waals surface area contributed by atoms with Crippen LogP contribution in [0.1, 0.15) is 23.9 Å². The quantitative estimate of drug-likeness (QED) is 0.626. The van der Waals surface area contributed by atoms with Crippen LogP contribution < -0.4 is 16.0 Å². The molecule has 0 amide bonds. The highest BCUT2D eigenvalue weighted by Crippen LogP contribution is 2.29.